The number of rotatable bonds is 3. The first-order valence-corrected chi connectivity index (χ1v) is 4.74. The normalized spacial score (nSPS) is 11.3. The largest absolute Gasteiger partial charge is 0.339 e. The minimum absolute atomic E-state index is 0.0724. The molecule has 0 aliphatic rings. The van der Waals surface area contributed by atoms with Crippen LogP contribution >= 0.6 is 0 Å². The molecule has 1 aromatic rings. The van der Waals surface area contributed by atoms with Crippen LogP contribution in [0.1, 0.15) is 45.3 Å². The second kappa shape index (κ2) is 4.23. The predicted molar refractivity (Wildman–Crippen MR) is 51.5 cm³/mol. The molecule has 0 amide bonds. The second-order valence-electron chi connectivity index (χ2n) is 4.27. The third-order valence-electron chi connectivity index (χ3n) is 1.82. The number of hydrogen-bond donors (Lipinski definition) is 0. The number of unbranched alkanes of at least 4 members (excludes halogenated alkanes) is 1. The zero-order valence-corrected chi connectivity index (χ0v) is 8.87. The van der Waals surface area contributed by atoms with Gasteiger partial charge in [0.15, 0.2) is 5.82 Å². The van der Waals surface area contributed by atoms with Crippen LogP contribution in [0.15, 0.2) is 4.52 Å². The van der Waals surface area contributed by atoms with Crippen molar-refractivity contribution in [3.8, 4) is 6.07 Å². The van der Waals surface area contributed by atoms with E-state index in [-0.39, 0.29) is 5.41 Å². The Morgan fingerprint density at radius 1 is 1.43 bits per heavy atom. The third-order valence-corrected chi connectivity index (χ3v) is 1.82. The molecule has 0 fully saturated rings. The maximum Gasteiger partial charge on any atom is 0.226 e. The second-order valence-corrected chi connectivity index (χ2v) is 4.27. The summed E-state index contributed by atoms with van der Waals surface area (Å²) in [6, 6.07) is 2.09. The summed E-state index contributed by atoms with van der Waals surface area (Å²) in [5.41, 5.74) is -0.0724. The van der Waals surface area contributed by atoms with Crippen molar-refractivity contribution in [1.29, 1.82) is 5.26 Å². The van der Waals surface area contributed by atoms with E-state index in [0.29, 0.717) is 18.7 Å². The summed E-state index contributed by atoms with van der Waals surface area (Å²) in [4.78, 5) is 4.27. The molecule has 76 valence electrons. The van der Waals surface area contributed by atoms with Gasteiger partial charge in [-0.15, -0.1) is 0 Å². The molecule has 4 nitrogen and oxygen atoms in total. The Balaban J connectivity index is 2.57. The van der Waals surface area contributed by atoms with Gasteiger partial charge in [-0.25, -0.2) is 0 Å². The molecule has 0 atom stereocenters. The number of nitrogens with zero attached hydrogens (tertiary/aromatic N) is 3. The van der Waals surface area contributed by atoms with Crippen LogP contribution in [0.3, 0.4) is 0 Å². The maximum atomic E-state index is 8.36. The fraction of sp³-hybridized carbons (Fsp3) is 0.700. The molecule has 1 aromatic heterocycles. The molecule has 0 spiro atoms. The van der Waals surface area contributed by atoms with E-state index >= 15 is 0 Å². The molecule has 0 radical (unpaired) electrons. The first kappa shape index (κ1) is 10.7. The molecule has 0 unspecified atom stereocenters. The first-order chi connectivity index (χ1) is 6.54. The summed E-state index contributed by atoms with van der Waals surface area (Å²) < 4.78 is 5.07. The minimum atomic E-state index is -0.0724. The van der Waals surface area contributed by atoms with Crippen molar-refractivity contribution in [2.24, 2.45) is 0 Å². The summed E-state index contributed by atoms with van der Waals surface area (Å²) >= 11 is 0. The van der Waals surface area contributed by atoms with Gasteiger partial charge in [-0.1, -0.05) is 25.9 Å². The van der Waals surface area contributed by atoms with E-state index in [1.807, 2.05) is 20.8 Å². The molecule has 0 N–H and O–H groups in total. The summed E-state index contributed by atoms with van der Waals surface area (Å²) in [5.74, 6) is 1.36. The number of aryl methyl sites for hydroxylation is 1. The third kappa shape index (κ3) is 2.84. The number of hydrogen-bond acceptors (Lipinski definition) is 4. The van der Waals surface area contributed by atoms with E-state index in [1.165, 1.54) is 0 Å². The minimum Gasteiger partial charge on any atom is -0.339 e. The fourth-order valence-electron chi connectivity index (χ4n) is 0.980. The van der Waals surface area contributed by atoms with Crippen LogP contribution in [-0.2, 0) is 11.8 Å². The van der Waals surface area contributed by atoms with E-state index < -0.39 is 0 Å². The van der Waals surface area contributed by atoms with Crippen molar-refractivity contribution >= 4 is 0 Å². The molecule has 0 aromatic carbocycles. The zero-order chi connectivity index (χ0) is 10.6. The van der Waals surface area contributed by atoms with Gasteiger partial charge in [0, 0.05) is 18.3 Å². The molecular formula is C10H15N3O. The molecule has 1 rings (SSSR count). The van der Waals surface area contributed by atoms with Crippen molar-refractivity contribution in [3.05, 3.63) is 11.7 Å². The molecule has 0 bridgehead atoms. The highest BCUT2D eigenvalue weighted by atomic mass is 16.5. The summed E-state index contributed by atoms with van der Waals surface area (Å²) in [5, 5.41) is 12.3. The molecule has 4 heteroatoms. The molecule has 0 aliphatic carbocycles. The Morgan fingerprint density at radius 3 is 2.64 bits per heavy atom. The van der Waals surface area contributed by atoms with Crippen molar-refractivity contribution < 1.29 is 4.52 Å². The average Bonchev–Trinajstić information content (AvgIpc) is 2.52. The van der Waals surface area contributed by atoms with Crippen molar-refractivity contribution in [1.82, 2.24) is 10.1 Å². The highest BCUT2D eigenvalue weighted by Gasteiger charge is 2.20. The van der Waals surface area contributed by atoms with Crippen LogP contribution in [0.5, 0.6) is 0 Å². The standard InChI is InChI=1S/C10H15N3O/c1-10(2,3)9-12-8(14-13-9)6-4-5-7-11/h4-6H2,1-3H3. The van der Waals surface area contributed by atoms with Crippen LogP contribution in [0.4, 0.5) is 0 Å². The summed E-state index contributed by atoms with van der Waals surface area (Å²) in [6.07, 6.45) is 2.01. The molecular weight excluding hydrogens is 178 g/mol. The van der Waals surface area contributed by atoms with Gasteiger partial charge in [-0.2, -0.15) is 10.2 Å². The Kier molecular flexibility index (Phi) is 3.23. The van der Waals surface area contributed by atoms with E-state index in [4.69, 9.17) is 9.78 Å². The van der Waals surface area contributed by atoms with Crippen molar-refractivity contribution in [3.63, 3.8) is 0 Å². The maximum absolute atomic E-state index is 8.36. The van der Waals surface area contributed by atoms with Crippen LogP contribution < -0.4 is 0 Å². The van der Waals surface area contributed by atoms with Gasteiger partial charge in [0.25, 0.3) is 0 Å². The summed E-state index contributed by atoms with van der Waals surface area (Å²) in [6.45, 7) is 6.12. The van der Waals surface area contributed by atoms with E-state index in [9.17, 15) is 0 Å². The molecule has 0 saturated heterocycles. The van der Waals surface area contributed by atoms with Gasteiger partial charge >= 0.3 is 0 Å². The first-order valence-electron chi connectivity index (χ1n) is 4.74. The zero-order valence-electron chi connectivity index (χ0n) is 8.87. The summed E-state index contributed by atoms with van der Waals surface area (Å²) in [7, 11) is 0. The fourth-order valence-corrected chi connectivity index (χ4v) is 0.980. The van der Waals surface area contributed by atoms with Gasteiger partial charge < -0.3 is 4.52 Å². The quantitative estimate of drug-likeness (QED) is 0.690. The molecule has 0 saturated carbocycles. The lowest BCUT2D eigenvalue weighted by molar-refractivity contribution is 0.361. The van der Waals surface area contributed by atoms with Gasteiger partial charge in [-0.3, -0.25) is 0 Å². The highest BCUT2D eigenvalue weighted by Crippen LogP contribution is 2.18. The van der Waals surface area contributed by atoms with Crippen LogP contribution in [0.2, 0.25) is 0 Å². The molecule has 1 heterocycles. The van der Waals surface area contributed by atoms with Crippen LogP contribution in [-0.4, -0.2) is 10.1 Å². The van der Waals surface area contributed by atoms with Gasteiger partial charge in [0.05, 0.1) is 6.07 Å². The lowest BCUT2D eigenvalue weighted by Gasteiger charge is -2.10. The monoisotopic (exact) mass is 193 g/mol. The lowest BCUT2D eigenvalue weighted by Crippen LogP contribution is -2.13. The molecule has 0 aliphatic heterocycles. The Hall–Kier alpha value is -1.37. The SMILES string of the molecule is CC(C)(C)c1noc(CCCC#N)n1. The predicted octanol–water partition coefficient (Wildman–Crippen LogP) is 2.21. The Labute approximate surface area is 83.9 Å². The van der Waals surface area contributed by atoms with E-state index in [2.05, 4.69) is 16.2 Å². The van der Waals surface area contributed by atoms with Gasteiger partial charge in [-0.05, 0) is 6.42 Å². The van der Waals surface area contributed by atoms with Gasteiger partial charge in [0.2, 0.25) is 5.89 Å². The highest BCUT2D eigenvalue weighted by molar-refractivity contribution is 4.99. The number of aromatic nitrogens is 2. The molecule has 14 heavy (non-hydrogen) atoms. The average molecular weight is 193 g/mol. The Morgan fingerprint density at radius 2 is 2.14 bits per heavy atom. The smallest absolute Gasteiger partial charge is 0.226 e. The lowest BCUT2D eigenvalue weighted by atomic mass is 9.96. The Bertz CT molecular complexity index is 330. The van der Waals surface area contributed by atoms with Crippen molar-refractivity contribution in [2.75, 3.05) is 0 Å². The topological polar surface area (TPSA) is 62.7 Å². The van der Waals surface area contributed by atoms with E-state index in [0.717, 1.165) is 12.2 Å². The van der Waals surface area contributed by atoms with Crippen LogP contribution in [0, 0.1) is 11.3 Å². The number of nitriles is 1. The van der Waals surface area contributed by atoms with Crippen molar-refractivity contribution in [2.45, 2.75) is 45.4 Å². The van der Waals surface area contributed by atoms with Crippen LogP contribution in [0.25, 0.3) is 0 Å². The van der Waals surface area contributed by atoms with E-state index in [1.54, 1.807) is 0 Å². The van der Waals surface area contributed by atoms with Gasteiger partial charge in [0.1, 0.15) is 0 Å².